The Morgan fingerprint density at radius 1 is 1.21 bits per heavy atom. The Hall–Kier alpha value is -1.17. The Bertz CT molecular complexity index is 442. The third kappa shape index (κ3) is 2.88. The van der Waals surface area contributed by atoms with E-state index in [0.29, 0.717) is 18.2 Å². The third-order valence-corrected chi connectivity index (χ3v) is 4.12. The van der Waals surface area contributed by atoms with Gasteiger partial charge in [0.15, 0.2) is 0 Å². The Morgan fingerprint density at radius 3 is 2.58 bits per heavy atom. The summed E-state index contributed by atoms with van der Waals surface area (Å²) < 4.78 is 13.2. The molecule has 2 saturated heterocycles. The predicted octanol–water partition coefficient (Wildman–Crippen LogP) is 0.621. The van der Waals surface area contributed by atoms with E-state index >= 15 is 0 Å². The molecule has 0 bridgehead atoms. The minimum atomic E-state index is -0.285. The number of hydrogen-bond donors (Lipinski definition) is 2. The van der Waals surface area contributed by atoms with Crippen molar-refractivity contribution in [1.82, 2.24) is 15.1 Å². The van der Waals surface area contributed by atoms with E-state index in [1.54, 1.807) is 0 Å². The van der Waals surface area contributed by atoms with E-state index in [9.17, 15) is 9.50 Å². The second-order valence-electron chi connectivity index (χ2n) is 5.40. The second kappa shape index (κ2) is 5.45. The highest BCUT2D eigenvalue weighted by molar-refractivity contribution is 5.32. The molecule has 0 spiro atoms. The normalized spacial score (nSPS) is 22.4. The molecule has 0 unspecified atom stereocenters. The van der Waals surface area contributed by atoms with Crippen LogP contribution >= 0.6 is 0 Å². The maximum Gasteiger partial charge on any atom is 0.123 e. The van der Waals surface area contributed by atoms with Crippen LogP contribution in [0.4, 0.5) is 4.39 Å². The first-order chi connectivity index (χ1) is 9.22. The molecule has 0 amide bonds. The molecule has 0 radical (unpaired) electrons. The molecule has 2 fully saturated rings. The molecule has 0 atom stereocenters. The van der Waals surface area contributed by atoms with E-state index in [1.165, 1.54) is 18.2 Å². The number of nitrogens with zero attached hydrogens (tertiary/aromatic N) is 2. The molecule has 1 aromatic rings. The third-order valence-electron chi connectivity index (χ3n) is 4.12. The van der Waals surface area contributed by atoms with Crippen molar-refractivity contribution in [3.8, 4) is 5.75 Å². The summed E-state index contributed by atoms with van der Waals surface area (Å²) in [6.07, 6.45) is 0. The molecule has 5 heteroatoms. The minimum Gasteiger partial charge on any atom is -0.508 e. The highest BCUT2D eigenvalue weighted by atomic mass is 19.1. The van der Waals surface area contributed by atoms with Crippen LogP contribution in [-0.2, 0) is 6.54 Å². The summed E-state index contributed by atoms with van der Waals surface area (Å²) in [5, 5.41) is 13.0. The van der Waals surface area contributed by atoms with Gasteiger partial charge >= 0.3 is 0 Å². The number of phenols is 1. The average molecular weight is 265 g/mol. The summed E-state index contributed by atoms with van der Waals surface area (Å²) >= 11 is 0. The molecule has 1 aromatic carbocycles. The lowest BCUT2D eigenvalue weighted by Crippen LogP contribution is -2.61. The van der Waals surface area contributed by atoms with Crippen LogP contribution in [-0.4, -0.2) is 60.2 Å². The lowest BCUT2D eigenvalue weighted by Gasteiger charge is -2.43. The number of halogens is 1. The lowest BCUT2D eigenvalue weighted by molar-refractivity contribution is 0.0692. The van der Waals surface area contributed by atoms with Crippen molar-refractivity contribution >= 4 is 0 Å². The minimum absolute atomic E-state index is 0.187. The molecule has 2 heterocycles. The van der Waals surface area contributed by atoms with Gasteiger partial charge in [-0.3, -0.25) is 9.80 Å². The van der Waals surface area contributed by atoms with Crippen LogP contribution in [0.2, 0.25) is 0 Å². The first-order valence-electron chi connectivity index (χ1n) is 6.87. The zero-order valence-corrected chi connectivity index (χ0v) is 11.0. The zero-order valence-electron chi connectivity index (χ0n) is 11.0. The summed E-state index contributed by atoms with van der Waals surface area (Å²) in [6.45, 7) is 6.90. The van der Waals surface area contributed by atoms with E-state index in [2.05, 4.69) is 15.1 Å². The molecule has 104 valence electrons. The van der Waals surface area contributed by atoms with E-state index < -0.39 is 0 Å². The number of piperazine rings is 1. The number of phenolic OH excluding ortho intramolecular Hbond substituents is 1. The first kappa shape index (κ1) is 12.8. The largest absolute Gasteiger partial charge is 0.508 e. The molecular formula is C14H20FN3O. The van der Waals surface area contributed by atoms with E-state index in [-0.39, 0.29) is 11.6 Å². The smallest absolute Gasteiger partial charge is 0.123 e. The Labute approximate surface area is 112 Å². The van der Waals surface area contributed by atoms with Gasteiger partial charge in [0.25, 0.3) is 0 Å². The first-order valence-corrected chi connectivity index (χ1v) is 6.87. The number of aromatic hydroxyl groups is 1. The van der Waals surface area contributed by atoms with Crippen molar-refractivity contribution in [2.45, 2.75) is 12.6 Å². The van der Waals surface area contributed by atoms with Gasteiger partial charge in [-0.15, -0.1) is 0 Å². The van der Waals surface area contributed by atoms with Crippen LogP contribution < -0.4 is 5.32 Å². The van der Waals surface area contributed by atoms with E-state index in [0.717, 1.165) is 39.3 Å². The number of rotatable bonds is 3. The van der Waals surface area contributed by atoms with E-state index in [1.807, 2.05) is 0 Å². The molecule has 0 aromatic heterocycles. The molecule has 3 rings (SSSR count). The maximum atomic E-state index is 13.2. The Balaban J connectivity index is 1.55. The summed E-state index contributed by atoms with van der Waals surface area (Å²) in [5.41, 5.74) is 0.679. The fraction of sp³-hybridized carbons (Fsp3) is 0.571. The summed E-state index contributed by atoms with van der Waals surface area (Å²) in [4.78, 5) is 4.79. The van der Waals surface area contributed by atoms with Gasteiger partial charge in [-0.1, -0.05) is 0 Å². The number of nitrogens with one attached hydrogen (secondary N) is 1. The van der Waals surface area contributed by atoms with Gasteiger partial charge in [0.05, 0.1) is 0 Å². The summed E-state index contributed by atoms with van der Waals surface area (Å²) in [6, 6.07) is 4.85. The fourth-order valence-electron chi connectivity index (χ4n) is 2.74. The quantitative estimate of drug-likeness (QED) is 0.840. The van der Waals surface area contributed by atoms with Crippen molar-refractivity contribution in [3.05, 3.63) is 29.6 Å². The standard InChI is InChI=1S/C14H20FN3O/c15-12-1-2-14(19)11(7-12)10-17-3-5-18(6-4-17)13-8-16-9-13/h1-2,7,13,16,19H,3-6,8-10H2. The van der Waals surface area contributed by atoms with Gasteiger partial charge in [-0.05, 0) is 18.2 Å². The molecule has 2 N–H and O–H groups in total. The van der Waals surface area contributed by atoms with Crippen LogP contribution in [0.15, 0.2) is 18.2 Å². The lowest BCUT2D eigenvalue weighted by atomic mass is 10.1. The summed E-state index contributed by atoms with van der Waals surface area (Å²) in [5.74, 6) is -0.0981. The summed E-state index contributed by atoms with van der Waals surface area (Å²) in [7, 11) is 0. The van der Waals surface area contributed by atoms with Gasteiger partial charge < -0.3 is 10.4 Å². The second-order valence-corrected chi connectivity index (χ2v) is 5.40. The van der Waals surface area contributed by atoms with Crippen molar-refractivity contribution in [3.63, 3.8) is 0 Å². The number of benzene rings is 1. The van der Waals surface area contributed by atoms with Crippen molar-refractivity contribution in [2.24, 2.45) is 0 Å². The van der Waals surface area contributed by atoms with Gasteiger partial charge in [0, 0.05) is 57.4 Å². The van der Waals surface area contributed by atoms with Crippen molar-refractivity contribution in [1.29, 1.82) is 0 Å². The Kier molecular flexibility index (Phi) is 3.68. The molecule has 2 aliphatic heterocycles. The van der Waals surface area contributed by atoms with Crippen molar-refractivity contribution in [2.75, 3.05) is 39.3 Å². The van der Waals surface area contributed by atoms with Gasteiger partial charge in [0.2, 0.25) is 0 Å². The zero-order chi connectivity index (χ0) is 13.2. The molecular weight excluding hydrogens is 245 g/mol. The predicted molar refractivity (Wildman–Crippen MR) is 71.6 cm³/mol. The monoisotopic (exact) mass is 265 g/mol. The molecule has 0 aliphatic carbocycles. The maximum absolute atomic E-state index is 13.2. The van der Waals surface area contributed by atoms with Crippen LogP contribution in [0.3, 0.4) is 0 Å². The molecule has 0 saturated carbocycles. The highest BCUT2D eigenvalue weighted by Gasteiger charge is 2.27. The highest BCUT2D eigenvalue weighted by Crippen LogP contribution is 2.20. The fourth-order valence-corrected chi connectivity index (χ4v) is 2.74. The van der Waals surface area contributed by atoms with Crippen LogP contribution in [0.25, 0.3) is 0 Å². The van der Waals surface area contributed by atoms with E-state index in [4.69, 9.17) is 0 Å². The van der Waals surface area contributed by atoms with Gasteiger partial charge in [0.1, 0.15) is 11.6 Å². The Morgan fingerprint density at radius 2 is 1.95 bits per heavy atom. The van der Waals surface area contributed by atoms with Crippen LogP contribution in [0, 0.1) is 5.82 Å². The molecule has 2 aliphatic rings. The molecule has 4 nitrogen and oxygen atoms in total. The number of hydrogen-bond acceptors (Lipinski definition) is 4. The van der Waals surface area contributed by atoms with Gasteiger partial charge in [-0.25, -0.2) is 4.39 Å². The van der Waals surface area contributed by atoms with Crippen LogP contribution in [0.5, 0.6) is 5.75 Å². The van der Waals surface area contributed by atoms with Crippen LogP contribution in [0.1, 0.15) is 5.56 Å². The van der Waals surface area contributed by atoms with Crippen molar-refractivity contribution < 1.29 is 9.50 Å². The topological polar surface area (TPSA) is 38.7 Å². The average Bonchev–Trinajstić information content (AvgIpc) is 2.34. The molecule has 19 heavy (non-hydrogen) atoms. The SMILES string of the molecule is Oc1ccc(F)cc1CN1CCN(C2CNC2)CC1. The van der Waals surface area contributed by atoms with Gasteiger partial charge in [-0.2, -0.15) is 0 Å².